The molecule has 4 heteroatoms. The molecule has 0 aromatic heterocycles. The lowest BCUT2D eigenvalue weighted by Crippen LogP contribution is -2.25. The lowest BCUT2D eigenvalue weighted by atomic mass is 10.0. The summed E-state index contributed by atoms with van der Waals surface area (Å²) in [6, 6.07) is 5.40. The molecule has 114 valence electrons. The first-order valence-electron chi connectivity index (χ1n) is 7.50. The van der Waals surface area contributed by atoms with Gasteiger partial charge in [0, 0.05) is 30.6 Å². The Hall–Kier alpha value is -1.84. The van der Waals surface area contributed by atoms with Crippen LogP contribution in [0.4, 0.5) is 0 Å². The van der Waals surface area contributed by atoms with E-state index in [1.165, 1.54) is 0 Å². The second kappa shape index (κ2) is 6.74. The van der Waals surface area contributed by atoms with Gasteiger partial charge in [-0.2, -0.15) is 0 Å². The molecule has 1 amide bonds. The molecule has 1 aromatic rings. The van der Waals surface area contributed by atoms with Crippen LogP contribution in [0.2, 0.25) is 0 Å². The predicted molar refractivity (Wildman–Crippen MR) is 81.4 cm³/mol. The monoisotopic (exact) mass is 289 g/mol. The summed E-state index contributed by atoms with van der Waals surface area (Å²) in [7, 11) is 1.61. The van der Waals surface area contributed by atoms with Gasteiger partial charge in [0.15, 0.2) is 5.78 Å². The third kappa shape index (κ3) is 3.63. The molecular formula is C17H23NO3. The molecule has 0 saturated carbocycles. The number of hydrogen-bond donors (Lipinski definition) is 0. The molecule has 21 heavy (non-hydrogen) atoms. The summed E-state index contributed by atoms with van der Waals surface area (Å²) >= 11 is 0. The molecule has 0 bridgehead atoms. The number of likely N-dealkylation sites (tertiary alicyclic amines) is 1. The van der Waals surface area contributed by atoms with Crippen LogP contribution in [0, 0.1) is 5.92 Å². The van der Waals surface area contributed by atoms with E-state index in [4.69, 9.17) is 4.74 Å². The van der Waals surface area contributed by atoms with Gasteiger partial charge in [-0.15, -0.1) is 0 Å². The zero-order chi connectivity index (χ0) is 15.4. The number of ether oxygens (including phenoxy) is 1. The summed E-state index contributed by atoms with van der Waals surface area (Å²) in [6.45, 7) is 5.01. The number of nitrogens with zero attached hydrogens (tertiary/aromatic N) is 1. The van der Waals surface area contributed by atoms with Crippen molar-refractivity contribution in [3.8, 4) is 5.75 Å². The van der Waals surface area contributed by atoms with Crippen LogP contribution in [0.15, 0.2) is 18.2 Å². The van der Waals surface area contributed by atoms with Gasteiger partial charge >= 0.3 is 0 Å². The van der Waals surface area contributed by atoms with Gasteiger partial charge < -0.3 is 9.64 Å². The molecule has 1 atom stereocenters. The van der Waals surface area contributed by atoms with Gasteiger partial charge in [0.2, 0.25) is 5.91 Å². The Balaban J connectivity index is 2.16. The van der Waals surface area contributed by atoms with Gasteiger partial charge in [-0.3, -0.25) is 9.59 Å². The Kier molecular flexibility index (Phi) is 4.99. The van der Waals surface area contributed by atoms with Crippen LogP contribution in [0.3, 0.4) is 0 Å². The number of ketones is 1. The first kappa shape index (κ1) is 15.5. The molecule has 1 aliphatic heterocycles. The molecule has 1 unspecified atom stereocenters. The van der Waals surface area contributed by atoms with Crippen molar-refractivity contribution in [2.75, 3.05) is 13.7 Å². The number of carbonyl (C=O) groups is 2. The van der Waals surface area contributed by atoms with Crippen LogP contribution in [-0.2, 0) is 11.3 Å². The number of Topliss-reactive ketones (excluding diaryl/α,β-unsaturated/α-hetero) is 1. The van der Waals surface area contributed by atoms with Crippen molar-refractivity contribution in [3.63, 3.8) is 0 Å². The fourth-order valence-corrected chi connectivity index (χ4v) is 2.94. The minimum Gasteiger partial charge on any atom is -0.496 e. The zero-order valence-electron chi connectivity index (χ0n) is 13.0. The Bertz CT molecular complexity index is 539. The van der Waals surface area contributed by atoms with Gasteiger partial charge in [-0.05, 0) is 37.5 Å². The van der Waals surface area contributed by atoms with E-state index in [-0.39, 0.29) is 11.7 Å². The Labute approximate surface area is 126 Å². The summed E-state index contributed by atoms with van der Waals surface area (Å²) in [6.07, 6.45) is 2.84. The Morgan fingerprint density at radius 2 is 2.19 bits per heavy atom. The van der Waals surface area contributed by atoms with Crippen molar-refractivity contribution in [3.05, 3.63) is 29.3 Å². The second-order valence-electron chi connectivity index (χ2n) is 5.72. The van der Waals surface area contributed by atoms with E-state index >= 15 is 0 Å². The quantitative estimate of drug-likeness (QED) is 0.756. The fraction of sp³-hybridized carbons (Fsp3) is 0.529. The molecule has 1 saturated heterocycles. The molecule has 1 aliphatic rings. The van der Waals surface area contributed by atoms with Gasteiger partial charge in [0.05, 0.1) is 7.11 Å². The first-order chi connectivity index (χ1) is 10.0. The lowest BCUT2D eigenvalue weighted by Gasteiger charge is -2.19. The van der Waals surface area contributed by atoms with Crippen molar-refractivity contribution in [2.45, 2.75) is 39.7 Å². The van der Waals surface area contributed by atoms with E-state index in [9.17, 15) is 9.59 Å². The normalized spacial score (nSPS) is 18.1. The largest absolute Gasteiger partial charge is 0.496 e. The maximum atomic E-state index is 12.1. The van der Waals surface area contributed by atoms with E-state index in [1.807, 2.05) is 11.0 Å². The lowest BCUT2D eigenvalue weighted by molar-refractivity contribution is -0.128. The molecule has 1 heterocycles. The predicted octanol–water partition coefficient (Wildman–Crippen LogP) is 3.05. The number of rotatable bonds is 6. The number of amides is 1. The molecule has 0 N–H and O–H groups in total. The summed E-state index contributed by atoms with van der Waals surface area (Å²) in [5.74, 6) is 1.41. The molecular weight excluding hydrogens is 266 g/mol. The van der Waals surface area contributed by atoms with Gasteiger partial charge in [-0.25, -0.2) is 0 Å². The summed E-state index contributed by atoms with van der Waals surface area (Å²) in [4.78, 5) is 25.5. The third-order valence-corrected chi connectivity index (χ3v) is 4.04. The first-order valence-corrected chi connectivity index (χ1v) is 7.50. The average Bonchev–Trinajstić information content (AvgIpc) is 2.79. The van der Waals surface area contributed by atoms with E-state index in [1.54, 1.807) is 26.2 Å². The van der Waals surface area contributed by atoms with Crippen molar-refractivity contribution in [1.29, 1.82) is 0 Å². The van der Waals surface area contributed by atoms with Crippen molar-refractivity contribution >= 4 is 11.7 Å². The van der Waals surface area contributed by atoms with Crippen LogP contribution in [0.5, 0.6) is 5.75 Å². The van der Waals surface area contributed by atoms with Crippen LogP contribution in [-0.4, -0.2) is 30.2 Å². The average molecular weight is 289 g/mol. The van der Waals surface area contributed by atoms with Crippen LogP contribution in [0.1, 0.15) is 49.0 Å². The SMILES string of the molecule is CCCC1CC(=O)N(Cc2cc(C(C)=O)ccc2OC)C1. The second-order valence-corrected chi connectivity index (χ2v) is 5.72. The molecule has 0 spiro atoms. The summed E-state index contributed by atoms with van der Waals surface area (Å²) < 4.78 is 5.35. The van der Waals surface area contributed by atoms with E-state index in [2.05, 4.69) is 6.92 Å². The van der Waals surface area contributed by atoms with Crippen LogP contribution < -0.4 is 4.74 Å². The minimum absolute atomic E-state index is 0.0236. The van der Waals surface area contributed by atoms with Crippen LogP contribution >= 0.6 is 0 Å². The zero-order valence-corrected chi connectivity index (χ0v) is 13.0. The fourth-order valence-electron chi connectivity index (χ4n) is 2.94. The number of carbonyl (C=O) groups excluding carboxylic acids is 2. The van der Waals surface area contributed by atoms with E-state index < -0.39 is 0 Å². The van der Waals surface area contributed by atoms with Crippen molar-refractivity contribution < 1.29 is 14.3 Å². The smallest absolute Gasteiger partial charge is 0.223 e. The molecule has 4 nitrogen and oxygen atoms in total. The topological polar surface area (TPSA) is 46.6 Å². The highest BCUT2D eigenvalue weighted by molar-refractivity contribution is 5.94. The van der Waals surface area contributed by atoms with E-state index in [0.29, 0.717) is 24.4 Å². The van der Waals surface area contributed by atoms with Crippen molar-refractivity contribution in [1.82, 2.24) is 4.90 Å². The molecule has 1 fully saturated rings. The Morgan fingerprint density at radius 3 is 2.81 bits per heavy atom. The minimum atomic E-state index is 0.0236. The van der Waals surface area contributed by atoms with Gasteiger partial charge in [0.25, 0.3) is 0 Å². The summed E-state index contributed by atoms with van der Waals surface area (Å²) in [5, 5.41) is 0. The van der Waals surface area contributed by atoms with Crippen LogP contribution in [0.25, 0.3) is 0 Å². The van der Waals surface area contributed by atoms with E-state index in [0.717, 1.165) is 30.7 Å². The highest BCUT2D eigenvalue weighted by atomic mass is 16.5. The molecule has 1 aromatic carbocycles. The number of hydrogen-bond acceptors (Lipinski definition) is 3. The van der Waals surface area contributed by atoms with Gasteiger partial charge in [-0.1, -0.05) is 13.3 Å². The molecule has 0 radical (unpaired) electrons. The Morgan fingerprint density at radius 1 is 1.43 bits per heavy atom. The molecule has 2 rings (SSSR count). The third-order valence-electron chi connectivity index (χ3n) is 4.04. The number of methoxy groups -OCH3 is 1. The van der Waals surface area contributed by atoms with Crippen molar-refractivity contribution in [2.24, 2.45) is 5.92 Å². The maximum Gasteiger partial charge on any atom is 0.223 e. The van der Waals surface area contributed by atoms with Gasteiger partial charge in [0.1, 0.15) is 5.75 Å². The highest BCUT2D eigenvalue weighted by Crippen LogP contribution is 2.27. The standard InChI is InChI=1S/C17H23NO3/c1-4-5-13-8-17(20)18(10-13)11-15-9-14(12(2)19)6-7-16(15)21-3/h6-7,9,13H,4-5,8,10-11H2,1-3H3. The number of benzene rings is 1. The molecule has 0 aliphatic carbocycles. The maximum absolute atomic E-state index is 12.1. The highest BCUT2D eigenvalue weighted by Gasteiger charge is 2.29. The summed E-state index contributed by atoms with van der Waals surface area (Å²) in [5.41, 5.74) is 1.55.